The average Bonchev–Trinajstić information content (AvgIpc) is 3.29. The van der Waals surface area contributed by atoms with Crippen LogP contribution in [0.5, 0.6) is 5.75 Å². The number of phenolic OH excluding ortho intramolecular Hbond substituents is 1. The summed E-state index contributed by atoms with van der Waals surface area (Å²) < 4.78 is 0. The van der Waals surface area contributed by atoms with Crippen molar-refractivity contribution < 1.29 is 14.7 Å². The Labute approximate surface area is 170 Å². The van der Waals surface area contributed by atoms with E-state index in [9.17, 15) is 14.7 Å². The zero-order valence-corrected chi connectivity index (χ0v) is 17.0. The van der Waals surface area contributed by atoms with Crippen LogP contribution in [0.25, 0.3) is 11.6 Å². The molecule has 0 saturated carbocycles. The van der Waals surface area contributed by atoms with E-state index in [0.717, 1.165) is 36.6 Å². The van der Waals surface area contributed by atoms with Crippen LogP contribution < -0.4 is 5.32 Å². The second kappa shape index (κ2) is 7.40. The first-order valence-corrected chi connectivity index (χ1v) is 10.0. The molecule has 1 aromatic carbocycles. The molecular formula is C22H26N4O3. The number of likely N-dealkylation sites (N-methyl/N-ethyl adjacent to an activating group) is 1. The standard InChI is InChI=1S/C22H26N4O3/c1-4-25(5-2)8-9-26-12-19-20(22(26)29)13(3)18(23-19)11-16-15-10-14(27)6-7-17(15)24-21(16)28/h6-7,10-11,23,27H,4-5,8-9,12H2,1-3H3,(H,24,28)/b16-11-. The van der Waals surface area contributed by atoms with Crippen LogP contribution in [0.4, 0.5) is 5.69 Å². The van der Waals surface area contributed by atoms with Gasteiger partial charge in [-0.05, 0) is 49.9 Å². The Kier molecular flexibility index (Phi) is 4.92. The Hall–Kier alpha value is -3.06. The Morgan fingerprint density at radius 1 is 1.24 bits per heavy atom. The first kappa shape index (κ1) is 19.3. The van der Waals surface area contributed by atoms with Crippen molar-refractivity contribution in [2.24, 2.45) is 0 Å². The minimum atomic E-state index is -0.216. The van der Waals surface area contributed by atoms with Gasteiger partial charge in [-0.15, -0.1) is 0 Å². The molecule has 2 aromatic rings. The van der Waals surface area contributed by atoms with Crippen molar-refractivity contribution in [3.05, 3.63) is 46.3 Å². The van der Waals surface area contributed by atoms with Crippen LogP contribution in [0.15, 0.2) is 18.2 Å². The fourth-order valence-corrected chi connectivity index (χ4v) is 4.10. The number of carbonyl (C=O) groups excluding carboxylic acids is 2. The van der Waals surface area contributed by atoms with Crippen LogP contribution in [0, 0.1) is 6.92 Å². The lowest BCUT2D eigenvalue weighted by Gasteiger charge is -2.22. The molecular weight excluding hydrogens is 368 g/mol. The molecule has 0 bridgehead atoms. The van der Waals surface area contributed by atoms with Crippen LogP contribution in [0.1, 0.15) is 46.7 Å². The van der Waals surface area contributed by atoms with Gasteiger partial charge in [0.1, 0.15) is 5.75 Å². The summed E-state index contributed by atoms with van der Waals surface area (Å²) in [5.74, 6) is -0.0673. The van der Waals surface area contributed by atoms with Gasteiger partial charge in [0.05, 0.1) is 17.7 Å². The molecule has 0 unspecified atom stereocenters. The normalized spacial score (nSPS) is 16.7. The van der Waals surface area contributed by atoms with Crippen molar-refractivity contribution in [3.8, 4) is 5.75 Å². The maximum absolute atomic E-state index is 12.9. The first-order chi connectivity index (χ1) is 13.9. The van der Waals surface area contributed by atoms with E-state index in [1.807, 2.05) is 11.8 Å². The summed E-state index contributed by atoms with van der Waals surface area (Å²) in [6.45, 7) is 10.2. The van der Waals surface area contributed by atoms with Crippen LogP contribution in [0.2, 0.25) is 0 Å². The molecule has 2 aliphatic heterocycles. The molecule has 0 fully saturated rings. The third kappa shape index (κ3) is 3.31. The van der Waals surface area contributed by atoms with E-state index in [2.05, 4.69) is 29.0 Å². The van der Waals surface area contributed by atoms with Crippen LogP contribution >= 0.6 is 0 Å². The topological polar surface area (TPSA) is 88.7 Å². The third-order valence-electron chi connectivity index (χ3n) is 5.87. The zero-order valence-electron chi connectivity index (χ0n) is 17.0. The minimum Gasteiger partial charge on any atom is -0.508 e. The number of nitrogens with zero attached hydrogens (tertiary/aromatic N) is 2. The number of benzene rings is 1. The molecule has 2 amide bonds. The summed E-state index contributed by atoms with van der Waals surface area (Å²) >= 11 is 0. The number of aromatic amines is 1. The van der Waals surface area contributed by atoms with E-state index >= 15 is 0 Å². The number of aromatic nitrogens is 1. The number of anilines is 1. The molecule has 7 heteroatoms. The van der Waals surface area contributed by atoms with Crippen molar-refractivity contribution >= 4 is 29.2 Å². The van der Waals surface area contributed by atoms with Crippen LogP contribution in [-0.4, -0.2) is 57.9 Å². The Bertz CT molecular complexity index is 1020. The van der Waals surface area contributed by atoms with Crippen LogP contribution in [0.3, 0.4) is 0 Å². The summed E-state index contributed by atoms with van der Waals surface area (Å²) in [4.78, 5) is 32.8. The maximum atomic E-state index is 12.9. The van der Waals surface area contributed by atoms with Gasteiger partial charge in [-0.1, -0.05) is 13.8 Å². The second-order valence-electron chi connectivity index (χ2n) is 7.51. The number of amides is 2. The average molecular weight is 394 g/mol. The quantitative estimate of drug-likeness (QED) is 0.519. The second-order valence-corrected chi connectivity index (χ2v) is 7.51. The lowest BCUT2D eigenvalue weighted by atomic mass is 10.0. The molecule has 7 nitrogen and oxygen atoms in total. The van der Waals surface area contributed by atoms with Gasteiger partial charge >= 0.3 is 0 Å². The molecule has 0 aliphatic carbocycles. The molecule has 0 spiro atoms. The predicted molar refractivity (Wildman–Crippen MR) is 113 cm³/mol. The summed E-state index contributed by atoms with van der Waals surface area (Å²) in [5, 5.41) is 12.6. The molecule has 1 aromatic heterocycles. The lowest BCUT2D eigenvalue weighted by molar-refractivity contribution is -0.110. The highest BCUT2D eigenvalue weighted by molar-refractivity contribution is 6.35. The molecule has 0 saturated heterocycles. The summed E-state index contributed by atoms with van der Waals surface area (Å²) in [6.07, 6.45) is 1.77. The van der Waals surface area contributed by atoms with Crippen LogP contribution in [-0.2, 0) is 11.3 Å². The molecule has 4 rings (SSSR count). The largest absolute Gasteiger partial charge is 0.508 e. The van der Waals surface area contributed by atoms with Gasteiger partial charge in [0.15, 0.2) is 0 Å². The Morgan fingerprint density at radius 2 is 2.00 bits per heavy atom. The molecule has 29 heavy (non-hydrogen) atoms. The monoisotopic (exact) mass is 394 g/mol. The van der Waals surface area contributed by atoms with E-state index in [1.54, 1.807) is 24.3 Å². The third-order valence-corrected chi connectivity index (χ3v) is 5.87. The number of phenols is 1. The fourth-order valence-electron chi connectivity index (χ4n) is 4.10. The minimum absolute atomic E-state index is 0.0412. The number of nitrogens with one attached hydrogen (secondary N) is 2. The van der Waals surface area contributed by atoms with Crippen molar-refractivity contribution in [1.82, 2.24) is 14.8 Å². The molecule has 3 N–H and O–H groups in total. The van der Waals surface area contributed by atoms with E-state index in [1.165, 1.54) is 0 Å². The van der Waals surface area contributed by atoms with Gasteiger partial charge in [0.2, 0.25) is 0 Å². The smallest absolute Gasteiger partial charge is 0.256 e. The van der Waals surface area contributed by atoms with E-state index in [4.69, 9.17) is 0 Å². The number of hydrogen-bond donors (Lipinski definition) is 3. The summed E-state index contributed by atoms with van der Waals surface area (Å²) in [5.41, 5.74) is 5.03. The highest BCUT2D eigenvalue weighted by Gasteiger charge is 2.33. The maximum Gasteiger partial charge on any atom is 0.256 e. The summed E-state index contributed by atoms with van der Waals surface area (Å²) in [6, 6.07) is 4.80. The molecule has 0 radical (unpaired) electrons. The Balaban J connectivity index is 1.59. The van der Waals surface area contributed by atoms with E-state index in [0.29, 0.717) is 35.5 Å². The zero-order chi connectivity index (χ0) is 20.7. The van der Waals surface area contributed by atoms with Gasteiger partial charge in [-0.3, -0.25) is 9.59 Å². The lowest BCUT2D eigenvalue weighted by Crippen LogP contribution is -2.35. The van der Waals surface area contributed by atoms with Gasteiger partial charge in [-0.25, -0.2) is 0 Å². The highest BCUT2D eigenvalue weighted by atomic mass is 16.3. The molecule has 3 heterocycles. The number of fused-ring (bicyclic) bond motifs is 2. The van der Waals surface area contributed by atoms with Gasteiger partial charge < -0.3 is 25.2 Å². The number of H-pyrrole nitrogens is 1. The Morgan fingerprint density at radius 3 is 2.69 bits per heavy atom. The van der Waals surface area contributed by atoms with Crippen molar-refractivity contribution in [2.75, 3.05) is 31.5 Å². The first-order valence-electron chi connectivity index (χ1n) is 10.0. The van der Waals surface area contributed by atoms with E-state index < -0.39 is 0 Å². The van der Waals surface area contributed by atoms with E-state index in [-0.39, 0.29) is 17.6 Å². The van der Waals surface area contributed by atoms with Gasteiger partial charge in [0, 0.05) is 35.7 Å². The SMILES string of the molecule is CCN(CC)CCN1Cc2[nH]c(/C=C3\C(=O)Nc4ccc(O)cc43)c(C)c2C1=O. The fraction of sp³-hybridized carbons (Fsp3) is 0.364. The van der Waals surface area contributed by atoms with Crippen molar-refractivity contribution in [3.63, 3.8) is 0 Å². The predicted octanol–water partition coefficient (Wildman–Crippen LogP) is 2.82. The summed E-state index contributed by atoms with van der Waals surface area (Å²) in [7, 11) is 0. The highest BCUT2D eigenvalue weighted by Crippen LogP contribution is 2.37. The van der Waals surface area contributed by atoms with Crippen molar-refractivity contribution in [1.29, 1.82) is 0 Å². The molecule has 0 atom stereocenters. The molecule has 152 valence electrons. The number of rotatable bonds is 6. The number of aromatic hydroxyl groups is 1. The molecule has 2 aliphatic rings. The van der Waals surface area contributed by atoms with Crippen molar-refractivity contribution in [2.45, 2.75) is 27.3 Å². The number of carbonyl (C=O) groups is 2. The van der Waals surface area contributed by atoms with Gasteiger partial charge in [0.25, 0.3) is 11.8 Å². The number of hydrogen-bond acceptors (Lipinski definition) is 4. The van der Waals surface area contributed by atoms with Gasteiger partial charge in [-0.2, -0.15) is 0 Å².